The number of halogens is 1. The third-order valence-electron chi connectivity index (χ3n) is 3.05. The highest BCUT2D eigenvalue weighted by atomic mass is 35.5. The molecule has 0 unspecified atom stereocenters. The molecule has 17 heavy (non-hydrogen) atoms. The summed E-state index contributed by atoms with van der Waals surface area (Å²) in [5, 5.41) is 4.23. The number of nitrogens with zero attached hydrogens (tertiary/aromatic N) is 1. The molecular formula is C13H19ClN2O. The van der Waals surface area contributed by atoms with Crippen molar-refractivity contribution in [3.05, 3.63) is 23.2 Å². The van der Waals surface area contributed by atoms with Crippen LogP contribution < -0.4 is 10.2 Å². The van der Waals surface area contributed by atoms with Crippen LogP contribution in [-0.2, 0) is 4.74 Å². The van der Waals surface area contributed by atoms with E-state index in [1.165, 1.54) is 0 Å². The van der Waals surface area contributed by atoms with E-state index < -0.39 is 0 Å². The van der Waals surface area contributed by atoms with Gasteiger partial charge in [0, 0.05) is 31.1 Å². The van der Waals surface area contributed by atoms with Crippen molar-refractivity contribution in [2.24, 2.45) is 5.41 Å². The molecule has 0 amide bonds. The van der Waals surface area contributed by atoms with Crippen LogP contribution in [0, 0.1) is 5.41 Å². The highest BCUT2D eigenvalue weighted by Crippen LogP contribution is 2.31. The van der Waals surface area contributed by atoms with E-state index in [1.54, 1.807) is 0 Å². The van der Waals surface area contributed by atoms with Crippen molar-refractivity contribution in [1.29, 1.82) is 0 Å². The minimum Gasteiger partial charge on any atom is -0.383 e. The number of benzene rings is 1. The molecule has 0 aromatic heterocycles. The van der Waals surface area contributed by atoms with Crippen LogP contribution in [-0.4, -0.2) is 33.9 Å². The largest absolute Gasteiger partial charge is 0.383 e. The first-order valence-corrected chi connectivity index (χ1v) is 6.16. The molecule has 2 rings (SSSR count). The average molecular weight is 255 g/mol. The number of nitrogens with one attached hydrogen (secondary N) is 1. The Balaban J connectivity index is 2.10. The van der Waals surface area contributed by atoms with Gasteiger partial charge in [-0.1, -0.05) is 18.5 Å². The molecule has 1 N–H and O–H groups in total. The van der Waals surface area contributed by atoms with Crippen molar-refractivity contribution >= 4 is 23.0 Å². The number of hydrogen-bond acceptors (Lipinski definition) is 3. The molecule has 1 heterocycles. The van der Waals surface area contributed by atoms with E-state index in [0.29, 0.717) is 0 Å². The van der Waals surface area contributed by atoms with E-state index in [-0.39, 0.29) is 5.41 Å². The molecule has 1 fully saturated rings. The summed E-state index contributed by atoms with van der Waals surface area (Å²) in [4.78, 5) is 2.08. The van der Waals surface area contributed by atoms with E-state index in [9.17, 15) is 0 Å². The second-order valence-corrected chi connectivity index (χ2v) is 5.65. The third-order valence-corrected chi connectivity index (χ3v) is 3.28. The van der Waals surface area contributed by atoms with Gasteiger partial charge in [0.25, 0.3) is 0 Å². The molecule has 94 valence electrons. The van der Waals surface area contributed by atoms with Crippen LogP contribution in [0.3, 0.4) is 0 Å². The van der Waals surface area contributed by atoms with Crippen LogP contribution in [0.4, 0.5) is 11.4 Å². The molecule has 0 saturated carbocycles. The fraction of sp³-hybridized carbons (Fsp3) is 0.538. The van der Waals surface area contributed by atoms with Gasteiger partial charge in [-0.15, -0.1) is 0 Å². The van der Waals surface area contributed by atoms with Gasteiger partial charge in [-0.05, 0) is 18.2 Å². The zero-order chi connectivity index (χ0) is 12.5. The van der Waals surface area contributed by atoms with Crippen LogP contribution in [0.15, 0.2) is 18.2 Å². The average Bonchev–Trinajstić information content (AvgIpc) is 2.23. The number of anilines is 2. The Morgan fingerprint density at radius 1 is 1.41 bits per heavy atom. The fourth-order valence-electron chi connectivity index (χ4n) is 1.90. The van der Waals surface area contributed by atoms with E-state index in [0.717, 1.165) is 36.2 Å². The first-order valence-electron chi connectivity index (χ1n) is 5.79. The van der Waals surface area contributed by atoms with Gasteiger partial charge in [0.2, 0.25) is 0 Å². The molecule has 0 bridgehead atoms. The lowest BCUT2D eigenvalue weighted by Gasteiger charge is -2.38. The van der Waals surface area contributed by atoms with E-state index in [2.05, 4.69) is 17.1 Å². The van der Waals surface area contributed by atoms with Crippen LogP contribution >= 0.6 is 11.6 Å². The summed E-state index contributed by atoms with van der Waals surface area (Å²) in [6.07, 6.45) is 0. The second-order valence-electron chi connectivity index (χ2n) is 5.21. The summed E-state index contributed by atoms with van der Waals surface area (Å²) < 4.78 is 5.25. The van der Waals surface area contributed by atoms with Gasteiger partial charge in [0.05, 0.1) is 24.6 Å². The van der Waals surface area contributed by atoms with Crippen LogP contribution in [0.1, 0.15) is 6.92 Å². The van der Waals surface area contributed by atoms with Crippen molar-refractivity contribution in [3.63, 3.8) is 0 Å². The van der Waals surface area contributed by atoms with Gasteiger partial charge >= 0.3 is 0 Å². The lowest BCUT2D eigenvalue weighted by atomic mass is 9.88. The molecule has 0 spiro atoms. The van der Waals surface area contributed by atoms with Crippen molar-refractivity contribution in [3.8, 4) is 0 Å². The van der Waals surface area contributed by atoms with Gasteiger partial charge in [0.1, 0.15) is 0 Å². The maximum Gasteiger partial charge on any atom is 0.0597 e. The summed E-state index contributed by atoms with van der Waals surface area (Å²) >= 11 is 6.04. The standard InChI is InChI=1S/C13H19ClN2O/c1-13(8-17-9-13)7-15-11-6-10(14)4-5-12(11)16(2)3/h4-6,15H,7-9H2,1-3H3. The first kappa shape index (κ1) is 12.5. The Morgan fingerprint density at radius 3 is 2.65 bits per heavy atom. The molecule has 0 aliphatic carbocycles. The molecule has 3 nitrogen and oxygen atoms in total. The first-order chi connectivity index (χ1) is 8.00. The van der Waals surface area contributed by atoms with Crippen molar-refractivity contribution < 1.29 is 4.74 Å². The minimum absolute atomic E-state index is 0.256. The van der Waals surface area contributed by atoms with Gasteiger partial charge < -0.3 is 15.0 Å². The van der Waals surface area contributed by atoms with E-state index in [1.807, 2.05) is 32.3 Å². The Labute approximate surface area is 108 Å². The maximum absolute atomic E-state index is 6.04. The zero-order valence-electron chi connectivity index (χ0n) is 10.6. The lowest BCUT2D eigenvalue weighted by molar-refractivity contribution is -0.0924. The van der Waals surface area contributed by atoms with Crippen LogP contribution in [0.25, 0.3) is 0 Å². The quantitative estimate of drug-likeness (QED) is 0.894. The van der Waals surface area contributed by atoms with Gasteiger partial charge in [0.15, 0.2) is 0 Å². The Kier molecular flexibility index (Phi) is 3.50. The molecule has 1 aromatic rings. The maximum atomic E-state index is 6.04. The van der Waals surface area contributed by atoms with Crippen molar-refractivity contribution in [2.45, 2.75) is 6.92 Å². The predicted octanol–water partition coefficient (Wildman–Crippen LogP) is 2.85. The lowest BCUT2D eigenvalue weighted by Crippen LogP contribution is -2.45. The van der Waals surface area contributed by atoms with Crippen molar-refractivity contribution in [2.75, 3.05) is 44.1 Å². The molecule has 0 atom stereocenters. The number of rotatable bonds is 4. The van der Waals surface area contributed by atoms with Gasteiger partial charge in [-0.25, -0.2) is 0 Å². The second kappa shape index (κ2) is 4.75. The zero-order valence-corrected chi connectivity index (χ0v) is 11.3. The molecule has 1 aromatic carbocycles. The monoisotopic (exact) mass is 254 g/mol. The molecule has 1 aliphatic heterocycles. The van der Waals surface area contributed by atoms with E-state index >= 15 is 0 Å². The summed E-state index contributed by atoms with van der Waals surface area (Å²) in [6.45, 7) is 4.80. The van der Waals surface area contributed by atoms with Crippen LogP contribution in [0.5, 0.6) is 0 Å². The molecular weight excluding hydrogens is 236 g/mol. The van der Waals surface area contributed by atoms with Crippen molar-refractivity contribution in [1.82, 2.24) is 0 Å². The van der Waals surface area contributed by atoms with E-state index in [4.69, 9.17) is 16.3 Å². The van der Waals surface area contributed by atoms with Crippen LogP contribution in [0.2, 0.25) is 5.02 Å². The molecule has 1 aliphatic rings. The Morgan fingerprint density at radius 2 is 2.12 bits per heavy atom. The predicted molar refractivity (Wildman–Crippen MR) is 73.2 cm³/mol. The highest BCUT2D eigenvalue weighted by molar-refractivity contribution is 6.31. The highest BCUT2D eigenvalue weighted by Gasteiger charge is 2.33. The number of ether oxygens (including phenoxy) is 1. The topological polar surface area (TPSA) is 24.5 Å². The Bertz CT molecular complexity index is 402. The molecule has 0 radical (unpaired) electrons. The Hall–Kier alpha value is -0.930. The summed E-state index contributed by atoms with van der Waals surface area (Å²) in [5.41, 5.74) is 2.49. The molecule has 1 saturated heterocycles. The third kappa shape index (κ3) is 2.85. The molecule has 4 heteroatoms. The number of hydrogen-bond donors (Lipinski definition) is 1. The SMILES string of the molecule is CN(C)c1ccc(Cl)cc1NCC1(C)COC1. The summed E-state index contributed by atoms with van der Waals surface area (Å²) in [5.74, 6) is 0. The smallest absolute Gasteiger partial charge is 0.0597 e. The van der Waals surface area contributed by atoms with Gasteiger partial charge in [-0.2, -0.15) is 0 Å². The minimum atomic E-state index is 0.256. The normalized spacial score (nSPS) is 17.4. The summed E-state index contributed by atoms with van der Waals surface area (Å²) in [7, 11) is 4.06. The summed E-state index contributed by atoms with van der Waals surface area (Å²) in [6, 6.07) is 5.92. The van der Waals surface area contributed by atoms with Gasteiger partial charge in [-0.3, -0.25) is 0 Å². The fourth-order valence-corrected chi connectivity index (χ4v) is 2.07.